The van der Waals surface area contributed by atoms with Gasteiger partial charge in [-0.25, -0.2) is 0 Å². The van der Waals surface area contributed by atoms with E-state index in [1.807, 2.05) is 85.2 Å². The van der Waals surface area contributed by atoms with Crippen LogP contribution in [0, 0.1) is 23.7 Å². The minimum Gasteiger partial charge on any atom is -0.497 e. The first-order valence-corrected chi connectivity index (χ1v) is 23.4. The lowest BCUT2D eigenvalue weighted by molar-refractivity contribution is -0.0493. The van der Waals surface area contributed by atoms with Crippen molar-refractivity contribution in [2.75, 3.05) is 40.4 Å². The number of pyridine rings is 2. The molecule has 10 nitrogen and oxygen atoms in total. The Balaban J connectivity index is 1.07. The van der Waals surface area contributed by atoms with Gasteiger partial charge in [-0.05, 0) is 123 Å². The number of fused-ring (bicyclic) bond motifs is 10. The van der Waals surface area contributed by atoms with Crippen LogP contribution in [0.4, 0.5) is 0 Å². The van der Waals surface area contributed by atoms with Crippen molar-refractivity contribution in [1.82, 2.24) is 19.8 Å². The average molecular weight is 857 g/mol. The maximum Gasteiger partial charge on any atom is 0.198 e. The summed E-state index contributed by atoms with van der Waals surface area (Å²) >= 11 is 0. The Morgan fingerprint density at radius 2 is 1.06 bits per heavy atom. The number of carbonyl (C=O) groups is 2. The number of piperidine rings is 6. The molecule has 4 aromatic carbocycles. The molecule has 6 aromatic rings. The molecular weight excluding hydrogens is 801 g/mol. The van der Waals surface area contributed by atoms with Crippen molar-refractivity contribution in [2.24, 2.45) is 23.7 Å². The molecule has 0 amide bonds. The molecule has 0 saturated carbocycles. The highest BCUT2D eigenvalue weighted by atomic mass is 16.5. The third-order valence-corrected chi connectivity index (χ3v) is 15.7. The van der Waals surface area contributed by atoms with E-state index in [-0.39, 0.29) is 34.8 Å². The first-order chi connectivity index (χ1) is 31.3. The number of rotatable bonds is 12. The lowest BCUT2D eigenvalue weighted by Gasteiger charge is -2.52. The van der Waals surface area contributed by atoms with E-state index in [1.54, 1.807) is 26.4 Å². The van der Waals surface area contributed by atoms with Crippen molar-refractivity contribution in [3.05, 3.63) is 131 Å². The predicted molar refractivity (Wildman–Crippen MR) is 247 cm³/mol. The minimum atomic E-state index is -0.475. The fourth-order valence-corrected chi connectivity index (χ4v) is 12.3. The zero-order valence-corrected chi connectivity index (χ0v) is 37.2. The number of nitrogens with zero attached hydrogens (tertiary/aromatic N) is 4. The largest absolute Gasteiger partial charge is 0.497 e. The van der Waals surface area contributed by atoms with Crippen molar-refractivity contribution in [3.63, 3.8) is 0 Å². The monoisotopic (exact) mass is 856 g/mol. The molecule has 6 saturated heterocycles. The highest BCUT2D eigenvalue weighted by Gasteiger charge is 2.47. The molecule has 4 bridgehead atoms. The summed E-state index contributed by atoms with van der Waals surface area (Å²) in [5, 5.41) is 1.88. The first kappa shape index (κ1) is 40.9. The van der Waals surface area contributed by atoms with Gasteiger partial charge in [0.1, 0.15) is 35.2 Å². The Labute approximate surface area is 374 Å². The fourth-order valence-electron chi connectivity index (χ4n) is 12.3. The van der Waals surface area contributed by atoms with Gasteiger partial charge >= 0.3 is 0 Å². The fraction of sp³-hybridized carbons (Fsp3) is 0.407. The summed E-state index contributed by atoms with van der Waals surface area (Å²) in [5.41, 5.74) is 4.87. The SMILES string of the molecule is CC[C@@H]1CN2CC[C@H]1C[C@@H]2[C@H](Oc1ccc(O[C@H](c2ccnc3ccc(OC)cc23)[C@@H]2C[C@@H]3CCN2C[C@@H]3CC)c2c1C(=O)c1ccccc1C2=O)c1ccnc2ccc(OC)cc12. The van der Waals surface area contributed by atoms with E-state index in [0.29, 0.717) is 46.3 Å². The highest BCUT2D eigenvalue weighted by Crippen LogP contribution is 2.49. The van der Waals surface area contributed by atoms with Gasteiger partial charge in [-0.15, -0.1) is 0 Å². The van der Waals surface area contributed by atoms with E-state index >= 15 is 9.59 Å². The van der Waals surface area contributed by atoms with Crippen LogP contribution >= 0.6 is 0 Å². The number of ketones is 2. The van der Waals surface area contributed by atoms with E-state index in [4.69, 9.17) is 28.9 Å². The Kier molecular flexibility index (Phi) is 10.6. The van der Waals surface area contributed by atoms with E-state index in [1.165, 1.54) is 0 Å². The molecule has 2 unspecified atom stereocenters. The zero-order chi connectivity index (χ0) is 43.6. The summed E-state index contributed by atoms with van der Waals surface area (Å²) in [5.74, 6) is 4.15. The molecule has 8 heterocycles. The van der Waals surface area contributed by atoms with Crippen molar-refractivity contribution < 1.29 is 28.5 Å². The topological polar surface area (TPSA) is 103 Å². The van der Waals surface area contributed by atoms with Gasteiger partial charge in [0.2, 0.25) is 0 Å². The molecule has 1 aliphatic carbocycles. The van der Waals surface area contributed by atoms with Crippen LogP contribution in [0.1, 0.15) is 108 Å². The molecule has 0 radical (unpaired) electrons. The van der Waals surface area contributed by atoms with Crippen molar-refractivity contribution in [1.29, 1.82) is 0 Å². The van der Waals surface area contributed by atoms with Crippen molar-refractivity contribution in [2.45, 2.75) is 76.7 Å². The van der Waals surface area contributed by atoms with Gasteiger partial charge in [0.25, 0.3) is 0 Å². The summed E-state index contributed by atoms with van der Waals surface area (Å²) in [6.07, 6.45) is 9.30. The van der Waals surface area contributed by atoms with Crippen LogP contribution in [-0.4, -0.2) is 83.8 Å². The molecule has 10 atom stereocenters. The summed E-state index contributed by atoms with van der Waals surface area (Å²) in [6.45, 7) is 8.58. The number of hydrogen-bond donors (Lipinski definition) is 0. The van der Waals surface area contributed by atoms with Gasteiger partial charge in [0.15, 0.2) is 11.6 Å². The quantitative estimate of drug-likeness (QED) is 0.118. The van der Waals surface area contributed by atoms with E-state index in [9.17, 15) is 0 Å². The smallest absolute Gasteiger partial charge is 0.198 e. The summed E-state index contributed by atoms with van der Waals surface area (Å²) < 4.78 is 26.3. The van der Waals surface area contributed by atoms with Crippen LogP contribution in [-0.2, 0) is 0 Å². The second kappa shape index (κ2) is 16.6. The summed E-state index contributed by atoms with van der Waals surface area (Å²) in [7, 11) is 3.35. The lowest BCUT2D eigenvalue weighted by Crippen LogP contribution is -2.56. The number of ether oxygens (including phenoxy) is 4. The Morgan fingerprint density at radius 1 is 0.609 bits per heavy atom. The summed E-state index contributed by atoms with van der Waals surface area (Å²) in [4.78, 5) is 45.0. The van der Waals surface area contributed by atoms with Crippen LogP contribution < -0.4 is 18.9 Å². The van der Waals surface area contributed by atoms with Crippen LogP contribution in [0.15, 0.2) is 97.3 Å². The molecule has 0 spiro atoms. The number of hydrogen-bond acceptors (Lipinski definition) is 10. The number of carbonyl (C=O) groups excluding carboxylic acids is 2. The minimum absolute atomic E-state index is 0.0377. The third-order valence-electron chi connectivity index (χ3n) is 15.7. The van der Waals surface area contributed by atoms with Crippen LogP contribution in [0.3, 0.4) is 0 Å². The second-order valence-corrected chi connectivity index (χ2v) is 18.7. The summed E-state index contributed by atoms with van der Waals surface area (Å²) in [6, 6.07) is 27.0. The molecular formula is C54H56N4O6. The van der Waals surface area contributed by atoms with Gasteiger partial charge in [-0.2, -0.15) is 0 Å². The molecule has 328 valence electrons. The number of aromatic nitrogens is 2. The Hall–Kier alpha value is -5.84. The van der Waals surface area contributed by atoms with Crippen LogP contribution in [0.2, 0.25) is 0 Å². The zero-order valence-electron chi connectivity index (χ0n) is 37.2. The maximum absolute atomic E-state index is 15.1. The van der Waals surface area contributed by atoms with E-state index in [0.717, 1.165) is 109 Å². The molecule has 6 aliphatic heterocycles. The lowest BCUT2D eigenvalue weighted by atomic mass is 9.72. The maximum atomic E-state index is 15.1. The van der Waals surface area contributed by atoms with Gasteiger partial charge < -0.3 is 18.9 Å². The van der Waals surface area contributed by atoms with Crippen LogP contribution in [0.5, 0.6) is 23.0 Å². The first-order valence-electron chi connectivity index (χ1n) is 23.4. The highest BCUT2D eigenvalue weighted by molar-refractivity contribution is 6.30. The van der Waals surface area contributed by atoms with Crippen molar-refractivity contribution >= 4 is 33.4 Å². The second-order valence-electron chi connectivity index (χ2n) is 18.7. The van der Waals surface area contributed by atoms with Gasteiger partial charge in [0.05, 0.1) is 48.5 Å². The van der Waals surface area contributed by atoms with Gasteiger partial charge in [0, 0.05) is 58.5 Å². The normalized spacial score (nSPS) is 26.6. The molecule has 6 fully saturated rings. The van der Waals surface area contributed by atoms with E-state index in [2.05, 4.69) is 23.6 Å². The van der Waals surface area contributed by atoms with E-state index < -0.39 is 12.2 Å². The third kappa shape index (κ3) is 6.83. The van der Waals surface area contributed by atoms with Crippen molar-refractivity contribution in [3.8, 4) is 23.0 Å². The number of methoxy groups -OCH3 is 2. The molecule has 2 aromatic heterocycles. The van der Waals surface area contributed by atoms with Crippen LogP contribution in [0.25, 0.3) is 21.8 Å². The standard InChI is InChI=1S/C54H56N4O6/c1-5-31-29-57-23-19-33(31)25-45(57)53(39-17-21-55-43-13-11-35(61-3)27-41(39)43)63-47-15-16-48(50-49(47)51(59)37-9-7-8-10-38(37)52(50)60)64-54(46-26-34-20-24-58(46)30-32(34)6-2)40-18-22-56-44-14-12-36(62-4)28-42(40)44/h7-18,21-22,27-28,31-34,45-46,53-54H,5-6,19-20,23-26,29-30H2,1-4H3/t31-,32+,33-,34-,45-,46+,53+,54+/m0/s1. The molecule has 10 heteroatoms. The molecule has 0 N–H and O–H groups in total. The number of benzene rings is 4. The molecule has 13 rings (SSSR count). The predicted octanol–water partition coefficient (Wildman–Crippen LogP) is 10.1. The van der Waals surface area contributed by atoms with Gasteiger partial charge in [-0.3, -0.25) is 29.4 Å². The molecule has 64 heavy (non-hydrogen) atoms. The Morgan fingerprint density at radius 3 is 1.45 bits per heavy atom. The molecule has 7 aliphatic rings. The Bertz CT molecular complexity index is 2600. The van der Waals surface area contributed by atoms with Gasteiger partial charge in [-0.1, -0.05) is 51.0 Å². The average Bonchev–Trinajstić information content (AvgIpc) is 3.36.